The largest absolute Gasteiger partial charge is 0.355 e. The fourth-order valence-corrected chi connectivity index (χ4v) is 4.36. The molecule has 1 fully saturated rings. The molecule has 1 aromatic rings. The van der Waals surface area contributed by atoms with Crippen LogP contribution in [0, 0.1) is 5.92 Å². The van der Waals surface area contributed by atoms with Gasteiger partial charge in [0.1, 0.15) is 0 Å². The van der Waals surface area contributed by atoms with Crippen molar-refractivity contribution < 1.29 is 13.2 Å². The number of aryl methyl sites for hydroxylation is 1. The molecule has 0 aliphatic carbocycles. The summed E-state index contributed by atoms with van der Waals surface area (Å²) in [5.74, 6) is 0.515. The van der Waals surface area contributed by atoms with Crippen LogP contribution in [0.1, 0.15) is 6.42 Å². The third-order valence-corrected chi connectivity index (χ3v) is 5.68. The molecule has 0 radical (unpaired) electrons. The number of hydrogen-bond donors (Lipinski definition) is 1. The molecular weight excluding hydrogens is 290 g/mol. The Morgan fingerprint density at radius 3 is 2.95 bits per heavy atom. The normalized spacial score (nSPS) is 21.4. The Morgan fingerprint density at radius 2 is 2.37 bits per heavy atom. The van der Waals surface area contributed by atoms with Gasteiger partial charge in [-0.3, -0.25) is 4.79 Å². The molecule has 10 heteroatoms. The van der Waals surface area contributed by atoms with Gasteiger partial charge in [0.25, 0.3) is 0 Å². The first-order valence-corrected chi connectivity index (χ1v) is 8.59. The molecule has 0 saturated carbocycles. The molecule has 1 saturated heterocycles. The molecule has 1 unspecified atom stereocenters. The lowest BCUT2D eigenvalue weighted by atomic mass is 10.1. The number of rotatable bonds is 5. The smallest absolute Gasteiger partial charge is 0.230 e. The van der Waals surface area contributed by atoms with Gasteiger partial charge >= 0.3 is 0 Å². The molecule has 0 aromatic carbocycles. The molecule has 1 atom stereocenters. The minimum absolute atomic E-state index is 0.0374. The second kappa shape index (κ2) is 5.87. The highest BCUT2D eigenvalue weighted by molar-refractivity contribution is 7.99. The minimum atomic E-state index is -2.88. The maximum Gasteiger partial charge on any atom is 0.230 e. The third kappa shape index (κ3) is 4.16. The number of carbonyl (C=O) groups excluding carboxylic acids is 1. The fourth-order valence-electron chi connectivity index (χ4n) is 1.82. The summed E-state index contributed by atoms with van der Waals surface area (Å²) in [7, 11) is -1.19. The number of hydrogen-bond acceptors (Lipinski definition) is 7. The zero-order valence-electron chi connectivity index (χ0n) is 10.4. The van der Waals surface area contributed by atoms with E-state index in [1.807, 2.05) is 0 Å². The van der Waals surface area contributed by atoms with Gasteiger partial charge in [0.15, 0.2) is 9.84 Å². The minimum Gasteiger partial charge on any atom is -0.355 e. The van der Waals surface area contributed by atoms with E-state index in [4.69, 9.17) is 0 Å². The molecule has 1 N–H and O–H groups in total. The Kier molecular flexibility index (Phi) is 4.40. The standard InChI is InChI=1S/C9H15N5O3S2/c1-14-9(11-12-13-14)18-5-8(15)10-4-7-2-3-19(16,17)6-7/h7H,2-6H2,1H3,(H,10,15). The Balaban J connectivity index is 1.69. The molecule has 0 bridgehead atoms. The summed E-state index contributed by atoms with van der Waals surface area (Å²) in [6.45, 7) is 0.412. The average Bonchev–Trinajstić information content (AvgIpc) is 2.90. The van der Waals surface area contributed by atoms with Crippen LogP contribution in [0.2, 0.25) is 0 Å². The molecule has 1 aromatic heterocycles. The van der Waals surface area contributed by atoms with Crippen LogP contribution in [0.4, 0.5) is 0 Å². The van der Waals surface area contributed by atoms with Gasteiger partial charge in [0.05, 0.1) is 17.3 Å². The molecule has 1 amide bonds. The number of nitrogens with zero attached hydrogens (tertiary/aromatic N) is 4. The van der Waals surface area contributed by atoms with Crippen molar-refractivity contribution in [1.82, 2.24) is 25.5 Å². The van der Waals surface area contributed by atoms with Crippen molar-refractivity contribution >= 4 is 27.5 Å². The number of thioether (sulfide) groups is 1. The van der Waals surface area contributed by atoms with Gasteiger partial charge in [-0.1, -0.05) is 11.8 Å². The molecule has 19 heavy (non-hydrogen) atoms. The van der Waals surface area contributed by atoms with Crippen LogP contribution in [0.5, 0.6) is 0 Å². The summed E-state index contributed by atoms with van der Waals surface area (Å²) in [6.07, 6.45) is 0.628. The number of tetrazole rings is 1. The van der Waals surface area contributed by atoms with E-state index < -0.39 is 9.84 Å². The molecule has 1 aliphatic heterocycles. The first kappa shape index (κ1) is 14.3. The van der Waals surface area contributed by atoms with E-state index >= 15 is 0 Å². The van der Waals surface area contributed by atoms with E-state index in [0.717, 1.165) is 0 Å². The number of amides is 1. The number of carbonyl (C=O) groups is 1. The van der Waals surface area contributed by atoms with Crippen LogP contribution in [0.15, 0.2) is 5.16 Å². The van der Waals surface area contributed by atoms with Crippen LogP contribution in [0.25, 0.3) is 0 Å². The van der Waals surface area contributed by atoms with Crippen molar-refractivity contribution in [3.05, 3.63) is 0 Å². The second-order valence-electron chi connectivity index (χ2n) is 4.45. The summed E-state index contributed by atoms with van der Waals surface area (Å²) in [5, 5.41) is 14.2. The summed E-state index contributed by atoms with van der Waals surface area (Å²) >= 11 is 1.24. The maximum absolute atomic E-state index is 11.6. The van der Waals surface area contributed by atoms with Crippen molar-refractivity contribution in [3.8, 4) is 0 Å². The Bertz CT molecular complexity index is 556. The third-order valence-electron chi connectivity index (χ3n) is 2.83. The van der Waals surface area contributed by atoms with Crippen molar-refractivity contribution in [1.29, 1.82) is 0 Å². The van der Waals surface area contributed by atoms with Crippen LogP contribution in [-0.4, -0.2) is 58.3 Å². The molecule has 2 heterocycles. The van der Waals surface area contributed by atoms with Crippen molar-refractivity contribution in [2.75, 3.05) is 23.8 Å². The van der Waals surface area contributed by atoms with E-state index in [-0.39, 0.29) is 29.1 Å². The van der Waals surface area contributed by atoms with Gasteiger partial charge in [-0.15, -0.1) is 5.10 Å². The van der Waals surface area contributed by atoms with Crippen LogP contribution in [0.3, 0.4) is 0 Å². The summed E-state index contributed by atoms with van der Waals surface area (Å²) in [5.41, 5.74) is 0. The van der Waals surface area contributed by atoms with Crippen LogP contribution < -0.4 is 5.32 Å². The zero-order valence-corrected chi connectivity index (χ0v) is 12.1. The van der Waals surface area contributed by atoms with E-state index in [2.05, 4.69) is 20.8 Å². The van der Waals surface area contributed by atoms with E-state index in [9.17, 15) is 13.2 Å². The Morgan fingerprint density at radius 1 is 1.58 bits per heavy atom. The number of nitrogens with one attached hydrogen (secondary N) is 1. The number of aromatic nitrogens is 4. The SMILES string of the molecule is Cn1nnnc1SCC(=O)NCC1CCS(=O)(=O)C1. The molecular formula is C9H15N5O3S2. The summed E-state index contributed by atoms with van der Waals surface area (Å²) < 4.78 is 24.0. The second-order valence-corrected chi connectivity index (χ2v) is 7.62. The molecule has 106 valence electrons. The first-order chi connectivity index (χ1) is 8.96. The lowest BCUT2D eigenvalue weighted by Crippen LogP contribution is -2.31. The van der Waals surface area contributed by atoms with Crippen LogP contribution >= 0.6 is 11.8 Å². The highest BCUT2D eigenvalue weighted by Crippen LogP contribution is 2.17. The average molecular weight is 305 g/mol. The van der Waals surface area contributed by atoms with Gasteiger partial charge in [-0.2, -0.15) is 0 Å². The van der Waals surface area contributed by atoms with Crippen molar-refractivity contribution in [2.45, 2.75) is 11.6 Å². The highest BCUT2D eigenvalue weighted by atomic mass is 32.2. The maximum atomic E-state index is 11.6. The summed E-state index contributed by atoms with van der Waals surface area (Å²) in [6, 6.07) is 0. The van der Waals surface area contributed by atoms with Gasteiger partial charge in [0.2, 0.25) is 11.1 Å². The van der Waals surface area contributed by atoms with E-state index in [1.165, 1.54) is 16.4 Å². The van der Waals surface area contributed by atoms with Gasteiger partial charge in [-0.05, 0) is 22.8 Å². The molecule has 8 nitrogen and oxygen atoms in total. The quantitative estimate of drug-likeness (QED) is 0.685. The molecule has 2 rings (SSSR count). The lowest BCUT2D eigenvalue weighted by Gasteiger charge is -2.08. The molecule has 1 aliphatic rings. The monoisotopic (exact) mass is 305 g/mol. The molecule has 0 spiro atoms. The predicted molar refractivity (Wildman–Crippen MR) is 69.3 cm³/mol. The van der Waals surface area contributed by atoms with Crippen LogP contribution in [-0.2, 0) is 21.7 Å². The van der Waals surface area contributed by atoms with Gasteiger partial charge in [-0.25, -0.2) is 13.1 Å². The Labute approximate surface area is 115 Å². The first-order valence-electron chi connectivity index (χ1n) is 5.78. The Hall–Kier alpha value is -1.16. The summed E-state index contributed by atoms with van der Waals surface area (Å²) in [4.78, 5) is 11.6. The predicted octanol–water partition coefficient (Wildman–Crippen LogP) is -1.15. The van der Waals surface area contributed by atoms with E-state index in [1.54, 1.807) is 7.05 Å². The number of sulfone groups is 1. The van der Waals surface area contributed by atoms with Crippen molar-refractivity contribution in [2.24, 2.45) is 13.0 Å². The van der Waals surface area contributed by atoms with E-state index in [0.29, 0.717) is 18.1 Å². The van der Waals surface area contributed by atoms with Gasteiger partial charge in [0, 0.05) is 13.6 Å². The topological polar surface area (TPSA) is 107 Å². The lowest BCUT2D eigenvalue weighted by molar-refractivity contribution is -0.118. The van der Waals surface area contributed by atoms with Crippen molar-refractivity contribution in [3.63, 3.8) is 0 Å². The van der Waals surface area contributed by atoms with Gasteiger partial charge < -0.3 is 5.32 Å². The highest BCUT2D eigenvalue weighted by Gasteiger charge is 2.27. The fraction of sp³-hybridized carbons (Fsp3) is 0.778. The zero-order chi connectivity index (χ0) is 13.9.